The van der Waals surface area contributed by atoms with Gasteiger partial charge in [0.25, 0.3) is 5.56 Å². The third-order valence-electron chi connectivity index (χ3n) is 5.08. The van der Waals surface area contributed by atoms with Crippen molar-refractivity contribution >= 4 is 17.4 Å². The molecule has 0 spiro atoms. The van der Waals surface area contributed by atoms with Gasteiger partial charge in [0.05, 0.1) is 5.69 Å². The van der Waals surface area contributed by atoms with Crippen LogP contribution in [0.2, 0.25) is 0 Å². The third kappa shape index (κ3) is 3.87. The van der Waals surface area contributed by atoms with Crippen LogP contribution in [0.15, 0.2) is 71.3 Å². The highest BCUT2D eigenvalue weighted by molar-refractivity contribution is 7.98. The summed E-state index contributed by atoms with van der Waals surface area (Å²) in [4.78, 5) is 17.1. The first-order valence-electron chi connectivity index (χ1n) is 10.2. The van der Waals surface area contributed by atoms with Crippen molar-refractivity contribution in [1.29, 1.82) is 0 Å². The van der Waals surface area contributed by atoms with Gasteiger partial charge in [0, 0.05) is 24.6 Å². The summed E-state index contributed by atoms with van der Waals surface area (Å²) >= 11 is 1.47. The van der Waals surface area contributed by atoms with E-state index in [4.69, 9.17) is 9.47 Å². The zero-order chi connectivity index (χ0) is 22.1. The van der Waals surface area contributed by atoms with Gasteiger partial charge >= 0.3 is 0 Å². The van der Waals surface area contributed by atoms with E-state index in [1.807, 2.05) is 47.9 Å². The van der Waals surface area contributed by atoms with Crippen molar-refractivity contribution in [3.05, 3.63) is 88.8 Å². The Kier molecular flexibility index (Phi) is 5.40. The fourth-order valence-corrected chi connectivity index (χ4v) is 4.41. The van der Waals surface area contributed by atoms with Crippen molar-refractivity contribution in [2.24, 2.45) is 0 Å². The second-order valence-corrected chi connectivity index (χ2v) is 8.35. The number of ether oxygens (including phenoxy) is 2. The molecule has 4 heterocycles. The van der Waals surface area contributed by atoms with Crippen molar-refractivity contribution in [3.8, 4) is 11.5 Å². The topological polar surface area (TPSA) is 83.5 Å². The summed E-state index contributed by atoms with van der Waals surface area (Å²) in [6.07, 6.45) is 3.16. The molecule has 1 unspecified atom stereocenters. The van der Waals surface area contributed by atoms with Crippen LogP contribution in [0.5, 0.6) is 11.5 Å². The molecular weight excluding hydrogens is 426 g/mol. The predicted octanol–water partition coefficient (Wildman–Crippen LogP) is 3.59. The van der Waals surface area contributed by atoms with Crippen LogP contribution in [0, 0.1) is 6.92 Å². The summed E-state index contributed by atoms with van der Waals surface area (Å²) in [6.45, 7) is 6.71. The number of benzene rings is 1. The average Bonchev–Trinajstić information content (AvgIpc) is 3.20. The number of fused-ring (bicyclic) bond motifs is 2. The number of nitrogens with zero attached hydrogens (tertiary/aromatic N) is 5. The zero-order valence-corrected chi connectivity index (χ0v) is 18.3. The molecular formula is C23H21N5O3S. The lowest BCUT2D eigenvalue weighted by molar-refractivity contribution is 0.0821. The van der Waals surface area contributed by atoms with Gasteiger partial charge in [-0.3, -0.25) is 13.8 Å². The molecule has 8 nitrogen and oxygen atoms in total. The molecule has 1 aliphatic rings. The number of hydrogen-bond donors (Lipinski definition) is 0. The van der Waals surface area contributed by atoms with Gasteiger partial charge in [0.2, 0.25) is 0 Å². The Hall–Kier alpha value is -3.59. The van der Waals surface area contributed by atoms with E-state index in [0.29, 0.717) is 47.0 Å². The van der Waals surface area contributed by atoms with Crippen LogP contribution in [0.4, 0.5) is 0 Å². The molecule has 0 fully saturated rings. The van der Waals surface area contributed by atoms with Gasteiger partial charge < -0.3 is 9.47 Å². The molecule has 162 valence electrons. The minimum Gasteiger partial charge on any atom is -0.485 e. The molecule has 32 heavy (non-hydrogen) atoms. The van der Waals surface area contributed by atoms with Gasteiger partial charge in [0.1, 0.15) is 12.3 Å². The molecule has 0 saturated heterocycles. The normalized spacial score (nSPS) is 15.1. The molecule has 3 aromatic heterocycles. The number of allylic oxidation sites excluding steroid dienone is 1. The van der Waals surface area contributed by atoms with Crippen LogP contribution in [0.3, 0.4) is 0 Å². The van der Waals surface area contributed by atoms with Crippen LogP contribution in [-0.2, 0) is 12.3 Å². The Morgan fingerprint density at radius 3 is 2.91 bits per heavy atom. The molecule has 9 heteroatoms. The number of hydrogen-bond acceptors (Lipinski definition) is 7. The molecule has 5 rings (SSSR count). The Bertz CT molecular complexity index is 1360. The van der Waals surface area contributed by atoms with Crippen molar-refractivity contribution in [1.82, 2.24) is 24.1 Å². The van der Waals surface area contributed by atoms with E-state index in [9.17, 15) is 4.79 Å². The molecule has 0 bridgehead atoms. The number of aromatic nitrogens is 5. The summed E-state index contributed by atoms with van der Waals surface area (Å²) in [5.74, 6) is 2.56. The van der Waals surface area contributed by atoms with E-state index in [2.05, 4.69) is 21.8 Å². The van der Waals surface area contributed by atoms with Gasteiger partial charge in [-0.2, -0.15) is 0 Å². The fraction of sp³-hybridized carbons (Fsp3) is 0.217. The van der Waals surface area contributed by atoms with E-state index in [-0.39, 0.29) is 11.7 Å². The Balaban J connectivity index is 1.39. The smallest absolute Gasteiger partial charge is 0.258 e. The Morgan fingerprint density at radius 1 is 1.22 bits per heavy atom. The van der Waals surface area contributed by atoms with Crippen molar-refractivity contribution < 1.29 is 9.47 Å². The number of pyridine rings is 1. The Morgan fingerprint density at radius 2 is 2.06 bits per heavy atom. The molecule has 4 aromatic rings. The number of thioether (sulfide) groups is 1. The van der Waals surface area contributed by atoms with E-state index in [1.165, 1.54) is 16.2 Å². The van der Waals surface area contributed by atoms with E-state index < -0.39 is 0 Å². The highest BCUT2D eigenvalue weighted by Gasteiger charge is 2.28. The molecule has 0 saturated carbocycles. The Labute approximate surface area is 188 Å². The quantitative estimate of drug-likeness (QED) is 0.330. The minimum absolute atomic E-state index is 0.106. The van der Waals surface area contributed by atoms with Gasteiger partial charge in [-0.15, -0.1) is 16.8 Å². The average molecular weight is 448 g/mol. The van der Waals surface area contributed by atoms with Crippen LogP contribution in [0.1, 0.15) is 23.2 Å². The molecule has 0 radical (unpaired) electrons. The van der Waals surface area contributed by atoms with E-state index in [0.717, 1.165) is 11.3 Å². The first kappa shape index (κ1) is 20.3. The van der Waals surface area contributed by atoms with E-state index >= 15 is 0 Å². The van der Waals surface area contributed by atoms with Gasteiger partial charge in [0.15, 0.2) is 28.6 Å². The van der Waals surface area contributed by atoms with Gasteiger partial charge in [-0.1, -0.05) is 30.0 Å². The summed E-state index contributed by atoms with van der Waals surface area (Å²) in [7, 11) is 0. The largest absolute Gasteiger partial charge is 0.485 e. The van der Waals surface area contributed by atoms with Crippen molar-refractivity contribution in [3.63, 3.8) is 0 Å². The molecule has 1 aromatic carbocycles. The summed E-state index contributed by atoms with van der Waals surface area (Å²) in [5, 5.41) is 9.44. The summed E-state index contributed by atoms with van der Waals surface area (Å²) in [6, 6.07) is 12.9. The number of para-hydroxylation sites is 2. The third-order valence-corrected chi connectivity index (χ3v) is 6.08. The van der Waals surface area contributed by atoms with Gasteiger partial charge in [-0.25, -0.2) is 4.98 Å². The first-order chi connectivity index (χ1) is 15.6. The molecule has 0 N–H and O–H groups in total. The van der Waals surface area contributed by atoms with Crippen LogP contribution >= 0.6 is 11.8 Å². The van der Waals surface area contributed by atoms with Gasteiger partial charge in [-0.05, 0) is 36.8 Å². The molecule has 1 aliphatic heterocycles. The number of rotatable bonds is 6. The lowest BCUT2D eigenvalue weighted by Crippen LogP contribution is -2.25. The first-order valence-corrected chi connectivity index (χ1v) is 11.1. The lowest BCUT2D eigenvalue weighted by Gasteiger charge is -2.26. The highest BCUT2D eigenvalue weighted by Crippen LogP contribution is 2.36. The van der Waals surface area contributed by atoms with Crippen LogP contribution in [-0.4, -0.2) is 30.8 Å². The van der Waals surface area contributed by atoms with E-state index in [1.54, 1.807) is 18.3 Å². The molecule has 0 aliphatic carbocycles. The highest BCUT2D eigenvalue weighted by atomic mass is 32.2. The standard InChI is InChI=1S/C23H21N5O3S/c1-3-9-28-22(19-13-30-17-6-4-5-7-18(17)31-19)25-26-23(28)32-14-16-12-21(29)27-10-8-15(2)11-20(27)24-16/h3-8,10-12,19H,1,9,13-14H2,2H3. The molecule has 0 amide bonds. The summed E-state index contributed by atoms with van der Waals surface area (Å²) in [5.41, 5.74) is 2.26. The molecule has 1 atom stereocenters. The number of aryl methyl sites for hydroxylation is 1. The second kappa shape index (κ2) is 8.51. The maximum Gasteiger partial charge on any atom is 0.258 e. The minimum atomic E-state index is -0.377. The zero-order valence-electron chi connectivity index (χ0n) is 17.5. The maximum absolute atomic E-state index is 12.4. The van der Waals surface area contributed by atoms with Crippen LogP contribution < -0.4 is 15.0 Å². The van der Waals surface area contributed by atoms with Crippen molar-refractivity contribution in [2.75, 3.05) is 6.61 Å². The van der Waals surface area contributed by atoms with Crippen LogP contribution in [0.25, 0.3) is 5.65 Å². The second-order valence-electron chi connectivity index (χ2n) is 7.41. The SMILES string of the molecule is C=CCn1c(SCc2cc(=O)n3ccc(C)cc3n2)nnc1C1COc2ccccc2O1. The lowest BCUT2D eigenvalue weighted by atomic mass is 10.2. The maximum atomic E-state index is 12.4. The predicted molar refractivity (Wildman–Crippen MR) is 121 cm³/mol. The fourth-order valence-electron chi connectivity index (χ4n) is 3.56. The van der Waals surface area contributed by atoms with Crippen molar-refractivity contribution in [2.45, 2.75) is 30.5 Å². The summed E-state index contributed by atoms with van der Waals surface area (Å²) < 4.78 is 15.4. The monoisotopic (exact) mass is 447 g/mol.